The summed E-state index contributed by atoms with van der Waals surface area (Å²) in [7, 11) is 0. The van der Waals surface area contributed by atoms with Crippen LogP contribution in [0.1, 0.15) is 27.2 Å². The first kappa shape index (κ1) is 19.7. The second-order valence-electron chi connectivity index (χ2n) is 6.89. The summed E-state index contributed by atoms with van der Waals surface area (Å²) in [4.78, 5) is 28.6. The Balaban J connectivity index is 1.62. The van der Waals surface area contributed by atoms with Gasteiger partial charge < -0.3 is 19.8 Å². The monoisotopic (exact) mass is 416 g/mol. The van der Waals surface area contributed by atoms with Gasteiger partial charge in [0.1, 0.15) is 0 Å². The third kappa shape index (κ3) is 4.06. The highest BCUT2D eigenvalue weighted by atomic mass is 32.2. The first-order valence-corrected chi connectivity index (χ1v) is 10.1. The van der Waals surface area contributed by atoms with Crippen LogP contribution in [0.2, 0.25) is 0 Å². The molecule has 2 heterocycles. The molecule has 0 saturated carbocycles. The summed E-state index contributed by atoms with van der Waals surface area (Å²) < 4.78 is 1.81. The molecule has 0 atom stereocenters. The van der Waals surface area contributed by atoms with Crippen molar-refractivity contribution in [3.63, 3.8) is 0 Å². The number of hydrogen-bond acceptors (Lipinski definition) is 5. The Morgan fingerprint density at radius 2 is 1.93 bits per heavy atom. The lowest BCUT2D eigenvalue weighted by Crippen LogP contribution is -2.22. The number of amidine groups is 1. The van der Waals surface area contributed by atoms with Crippen LogP contribution in [0.3, 0.4) is 0 Å². The van der Waals surface area contributed by atoms with E-state index in [-0.39, 0.29) is 11.5 Å². The Bertz CT molecular complexity index is 1220. The van der Waals surface area contributed by atoms with Crippen molar-refractivity contribution in [1.82, 2.24) is 9.88 Å². The molecular formula is C23H18N3O3S-. The first-order valence-electron chi connectivity index (χ1n) is 9.27. The molecule has 0 bridgehead atoms. The smallest absolute Gasteiger partial charge is 0.264 e. The van der Waals surface area contributed by atoms with Gasteiger partial charge in [-0.2, -0.15) is 0 Å². The Morgan fingerprint density at radius 1 is 1.10 bits per heavy atom. The fraction of sp³-hybridized carbons (Fsp3) is 0.0870. The highest BCUT2D eigenvalue weighted by Gasteiger charge is 2.24. The van der Waals surface area contributed by atoms with Crippen LogP contribution in [0.15, 0.2) is 70.7 Å². The highest BCUT2D eigenvalue weighted by Crippen LogP contribution is 2.29. The van der Waals surface area contributed by atoms with E-state index in [4.69, 9.17) is 0 Å². The molecule has 6 nitrogen and oxygen atoms in total. The van der Waals surface area contributed by atoms with Gasteiger partial charge in [0.25, 0.3) is 5.91 Å². The summed E-state index contributed by atoms with van der Waals surface area (Å²) in [6.45, 7) is 4.06. The van der Waals surface area contributed by atoms with Gasteiger partial charge in [0.05, 0.1) is 16.6 Å². The molecule has 1 saturated heterocycles. The molecule has 30 heavy (non-hydrogen) atoms. The van der Waals surface area contributed by atoms with Crippen molar-refractivity contribution in [2.24, 2.45) is 4.99 Å². The lowest BCUT2D eigenvalue weighted by molar-refractivity contribution is -0.255. The van der Waals surface area contributed by atoms with Gasteiger partial charge >= 0.3 is 0 Å². The molecule has 0 spiro atoms. The van der Waals surface area contributed by atoms with Gasteiger partial charge in [-0.25, -0.2) is 4.99 Å². The predicted molar refractivity (Wildman–Crippen MR) is 117 cm³/mol. The number of carbonyl (C=O) groups excluding carboxylic acids is 2. The predicted octanol–water partition coefficient (Wildman–Crippen LogP) is 3.35. The zero-order chi connectivity index (χ0) is 21.3. The van der Waals surface area contributed by atoms with E-state index in [0.717, 1.165) is 16.9 Å². The van der Waals surface area contributed by atoms with Crippen LogP contribution < -0.4 is 10.4 Å². The Labute approximate surface area is 178 Å². The highest BCUT2D eigenvalue weighted by molar-refractivity contribution is 8.18. The number of carboxylic acid groups (broad SMARTS) is 1. The number of aromatic nitrogens is 1. The van der Waals surface area contributed by atoms with Gasteiger partial charge in [0.2, 0.25) is 0 Å². The maximum absolute atomic E-state index is 12.4. The van der Waals surface area contributed by atoms with Crippen molar-refractivity contribution in [2.45, 2.75) is 13.8 Å². The summed E-state index contributed by atoms with van der Waals surface area (Å²) >= 11 is 1.27. The van der Waals surface area contributed by atoms with E-state index in [1.807, 2.05) is 54.9 Å². The molecule has 2 aromatic carbocycles. The number of carboxylic acids is 1. The summed E-state index contributed by atoms with van der Waals surface area (Å²) in [6, 6.07) is 16.0. The maximum atomic E-state index is 12.4. The molecule has 3 aromatic rings. The second-order valence-corrected chi connectivity index (χ2v) is 7.92. The van der Waals surface area contributed by atoms with Gasteiger partial charge in [0, 0.05) is 17.6 Å². The third-order valence-electron chi connectivity index (χ3n) is 4.79. The van der Waals surface area contributed by atoms with Crippen LogP contribution in [-0.4, -0.2) is 21.6 Å². The SMILES string of the molecule is Cc1ccc(N=C2NC(=O)/C(=C/c3cccn3-c3cccc(C(=O)[O-])c3)S2)cc1C. The van der Waals surface area contributed by atoms with Crippen LogP contribution in [0.4, 0.5) is 5.69 Å². The average Bonchev–Trinajstić information content (AvgIpc) is 3.31. The quantitative estimate of drug-likeness (QED) is 0.661. The van der Waals surface area contributed by atoms with Crippen LogP contribution in [0.25, 0.3) is 11.8 Å². The third-order valence-corrected chi connectivity index (χ3v) is 5.70. The van der Waals surface area contributed by atoms with Crippen molar-refractivity contribution in [2.75, 3.05) is 0 Å². The fourth-order valence-electron chi connectivity index (χ4n) is 3.06. The molecule has 0 radical (unpaired) electrons. The van der Waals surface area contributed by atoms with Crippen LogP contribution in [0.5, 0.6) is 0 Å². The summed E-state index contributed by atoms with van der Waals surface area (Å²) in [5.41, 5.74) is 4.61. The fourth-order valence-corrected chi connectivity index (χ4v) is 3.88. The number of nitrogens with zero attached hydrogens (tertiary/aromatic N) is 2. The van der Waals surface area contributed by atoms with E-state index >= 15 is 0 Å². The maximum Gasteiger partial charge on any atom is 0.264 e. The minimum Gasteiger partial charge on any atom is -0.545 e. The number of thioether (sulfide) groups is 1. The number of nitrogens with one attached hydrogen (secondary N) is 1. The van der Waals surface area contributed by atoms with Crippen molar-refractivity contribution in [1.29, 1.82) is 0 Å². The number of benzene rings is 2. The van der Waals surface area contributed by atoms with Crippen molar-refractivity contribution < 1.29 is 14.7 Å². The lowest BCUT2D eigenvalue weighted by Gasteiger charge is -2.09. The molecule has 1 amide bonds. The molecule has 0 unspecified atom stereocenters. The zero-order valence-electron chi connectivity index (χ0n) is 16.4. The molecule has 150 valence electrons. The molecule has 1 aromatic heterocycles. The summed E-state index contributed by atoms with van der Waals surface area (Å²) in [6.07, 6.45) is 3.57. The standard InChI is InChI=1S/C23H19N3O3S/c1-14-8-9-17(11-15(14)2)24-23-25-21(27)20(30-23)13-19-7-4-10-26(19)18-6-3-5-16(12-18)22(28)29/h3-13H,1-2H3,(H,28,29)(H,24,25,27)/p-1/b20-13-. The molecule has 1 N–H and O–H groups in total. The lowest BCUT2D eigenvalue weighted by atomic mass is 10.1. The van der Waals surface area contributed by atoms with Crippen LogP contribution in [0, 0.1) is 13.8 Å². The number of hydrogen-bond donors (Lipinski definition) is 1. The van der Waals surface area contributed by atoms with Gasteiger partial charge in [-0.1, -0.05) is 18.2 Å². The molecule has 4 rings (SSSR count). The largest absolute Gasteiger partial charge is 0.545 e. The van der Waals surface area contributed by atoms with Gasteiger partial charge in [-0.05, 0) is 84.8 Å². The second kappa shape index (κ2) is 8.04. The number of aliphatic imine (C=N–C) groups is 1. The van der Waals surface area contributed by atoms with E-state index in [0.29, 0.717) is 15.8 Å². The van der Waals surface area contributed by atoms with Crippen molar-refractivity contribution in [3.05, 3.63) is 88.1 Å². The normalized spacial score (nSPS) is 16.3. The van der Waals surface area contributed by atoms with E-state index in [1.165, 1.54) is 29.5 Å². The number of amides is 1. The first-order chi connectivity index (χ1) is 14.4. The Hall–Kier alpha value is -3.58. The van der Waals surface area contributed by atoms with E-state index < -0.39 is 5.97 Å². The molecule has 1 aliphatic rings. The number of aromatic carboxylic acids is 1. The zero-order valence-corrected chi connectivity index (χ0v) is 17.2. The Kier molecular flexibility index (Phi) is 5.29. The minimum atomic E-state index is -1.23. The van der Waals surface area contributed by atoms with E-state index in [2.05, 4.69) is 10.3 Å². The number of rotatable bonds is 4. The van der Waals surface area contributed by atoms with E-state index in [1.54, 1.807) is 18.2 Å². The topological polar surface area (TPSA) is 86.5 Å². The minimum absolute atomic E-state index is 0.0931. The van der Waals surface area contributed by atoms with E-state index in [9.17, 15) is 14.7 Å². The van der Waals surface area contributed by atoms with Gasteiger partial charge in [-0.3, -0.25) is 4.79 Å². The van der Waals surface area contributed by atoms with Crippen molar-refractivity contribution in [3.8, 4) is 5.69 Å². The summed E-state index contributed by atoms with van der Waals surface area (Å²) in [5, 5.41) is 14.5. The average molecular weight is 416 g/mol. The van der Waals surface area contributed by atoms with Crippen LogP contribution in [-0.2, 0) is 4.79 Å². The van der Waals surface area contributed by atoms with Crippen LogP contribution >= 0.6 is 11.8 Å². The molecule has 1 aliphatic heterocycles. The van der Waals surface area contributed by atoms with Gasteiger partial charge in [0.15, 0.2) is 5.17 Å². The molecule has 7 heteroatoms. The molecule has 1 fully saturated rings. The molecular weight excluding hydrogens is 398 g/mol. The Morgan fingerprint density at radius 3 is 2.70 bits per heavy atom. The summed E-state index contributed by atoms with van der Waals surface area (Å²) in [5.74, 6) is -1.46. The van der Waals surface area contributed by atoms with Gasteiger partial charge in [-0.15, -0.1) is 0 Å². The van der Waals surface area contributed by atoms with Crippen molar-refractivity contribution >= 4 is 40.6 Å². The molecule has 0 aliphatic carbocycles. The number of aryl methyl sites for hydroxylation is 2. The number of carbonyl (C=O) groups is 2.